The molecule has 0 saturated heterocycles. The largest absolute Gasteiger partial charge is 0.494 e. The molecular weight excluding hydrogens is 238 g/mol. The van der Waals surface area contributed by atoms with E-state index in [0.29, 0.717) is 12.4 Å². The van der Waals surface area contributed by atoms with E-state index in [4.69, 9.17) is 20.7 Å². The van der Waals surface area contributed by atoms with Crippen molar-refractivity contribution in [2.45, 2.75) is 12.5 Å². The first-order valence-electron chi connectivity index (χ1n) is 5.57. The van der Waals surface area contributed by atoms with Gasteiger partial charge >= 0.3 is 0 Å². The number of aliphatic hydroxyl groups is 2. The molecule has 0 aromatic heterocycles. The molecule has 1 aromatic rings. The summed E-state index contributed by atoms with van der Waals surface area (Å²) in [6.45, 7) is 0.473. The Morgan fingerprint density at radius 2 is 2.00 bits per heavy atom. The molecule has 0 fully saturated rings. The van der Waals surface area contributed by atoms with Crippen LogP contribution in [0.15, 0.2) is 24.3 Å². The first kappa shape index (κ1) is 14.2. The van der Waals surface area contributed by atoms with Crippen LogP contribution in [0.5, 0.6) is 5.75 Å². The highest BCUT2D eigenvalue weighted by atomic mass is 32.2. The predicted octanol–water partition coefficient (Wildman–Crippen LogP) is 1.12. The number of rotatable bonds is 8. The Morgan fingerprint density at radius 3 is 2.65 bits per heavy atom. The predicted molar refractivity (Wildman–Crippen MR) is 71.4 cm³/mol. The van der Waals surface area contributed by atoms with Crippen molar-refractivity contribution in [3.63, 3.8) is 0 Å². The van der Waals surface area contributed by atoms with Crippen LogP contribution in [0.4, 0.5) is 5.69 Å². The summed E-state index contributed by atoms with van der Waals surface area (Å²) in [5, 5.41) is 17.7. The average molecular weight is 257 g/mol. The normalized spacial score (nSPS) is 12.4. The van der Waals surface area contributed by atoms with E-state index in [9.17, 15) is 0 Å². The van der Waals surface area contributed by atoms with E-state index in [0.717, 1.165) is 23.6 Å². The van der Waals surface area contributed by atoms with Gasteiger partial charge in [-0.1, -0.05) is 0 Å². The molecule has 5 heteroatoms. The lowest BCUT2D eigenvalue weighted by Gasteiger charge is -2.08. The van der Waals surface area contributed by atoms with E-state index in [1.165, 1.54) is 0 Å². The fraction of sp³-hybridized carbons (Fsp3) is 0.500. The number of nitrogen functional groups attached to an aromatic ring is 1. The Balaban J connectivity index is 2.02. The number of aliphatic hydroxyl groups excluding tert-OH is 2. The second-order valence-corrected chi connectivity index (χ2v) is 4.83. The number of hydrogen-bond donors (Lipinski definition) is 3. The SMILES string of the molecule is Nc1ccc(OCCCSCC(O)CO)cc1. The van der Waals surface area contributed by atoms with Gasteiger partial charge in [0.05, 0.1) is 19.3 Å². The monoisotopic (exact) mass is 257 g/mol. The highest BCUT2D eigenvalue weighted by Crippen LogP contribution is 2.13. The number of hydrogen-bond acceptors (Lipinski definition) is 5. The van der Waals surface area contributed by atoms with E-state index in [1.54, 1.807) is 11.8 Å². The maximum absolute atomic E-state index is 9.10. The Labute approximate surface area is 106 Å². The van der Waals surface area contributed by atoms with Gasteiger partial charge in [0, 0.05) is 11.4 Å². The Kier molecular flexibility index (Phi) is 6.84. The van der Waals surface area contributed by atoms with Gasteiger partial charge in [-0.05, 0) is 36.4 Å². The topological polar surface area (TPSA) is 75.7 Å². The van der Waals surface area contributed by atoms with Crippen molar-refractivity contribution in [1.29, 1.82) is 0 Å². The zero-order valence-electron chi connectivity index (χ0n) is 9.71. The van der Waals surface area contributed by atoms with Gasteiger partial charge in [0.1, 0.15) is 5.75 Å². The van der Waals surface area contributed by atoms with Crippen LogP contribution in [0.1, 0.15) is 6.42 Å². The second kappa shape index (κ2) is 8.22. The van der Waals surface area contributed by atoms with Gasteiger partial charge in [0.2, 0.25) is 0 Å². The molecule has 0 heterocycles. The first-order chi connectivity index (χ1) is 8.22. The Morgan fingerprint density at radius 1 is 1.29 bits per heavy atom. The van der Waals surface area contributed by atoms with Gasteiger partial charge in [-0.2, -0.15) is 11.8 Å². The van der Waals surface area contributed by atoms with E-state index in [-0.39, 0.29) is 6.61 Å². The molecule has 0 radical (unpaired) electrons. The summed E-state index contributed by atoms with van der Waals surface area (Å²) in [7, 11) is 0. The molecule has 0 amide bonds. The van der Waals surface area contributed by atoms with Crippen molar-refractivity contribution in [2.24, 2.45) is 0 Å². The quantitative estimate of drug-likeness (QED) is 0.481. The smallest absolute Gasteiger partial charge is 0.119 e. The molecule has 4 N–H and O–H groups in total. The van der Waals surface area contributed by atoms with Gasteiger partial charge in [-0.3, -0.25) is 0 Å². The fourth-order valence-corrected chi connectivity index (χ4v) is 2.05. The lowest BCUT2D eigenvalue weighted by atomic mass is 10.3. The molecule has 0 aliphatic rings. The molecule has 0 spiro atoms. The third-order valence-corrected chi connectivity index (χ3v) is 3.30. The molecule has 1 atom stereocenters. The molecular formula is C12H19NO3S. The minimum Gasteiger partial charge on any atom is -0.494 e. The summed E-state index contributed by atoms with van der Waals surface area (Å²) < 4.78 is 5.51. The van der Waals surface area contributed by atoms with Gasteiger partial charge in [0.15, 0.2) is 0 Å². The summed E-state index contributed by atoms with van der Waals surface area (Å²) in [5.41, 5.74) is 6.29. The van der Waals surface area contributed by atoms with Crippen LogP contribution in [-0.4, -0.2) is 41.0 Å². The van der Waals surface area contributed by atoms with Crippen LogP contribution in [0.3, 0.4) is 0 Å². The minimum absolute atomic E-state index is 0.172. The zero-order valence-corrected chi connectivity index (χ0v) is 10.5. The Hall–Kier alpha value is -0.910. The fourth-order valence-electron chi connectivity index (χ4n) is 1.19. The number of ether oxygens (including phenoxy) is 1. The Bertz CT molecular complexity index is 305. The second-order valence-electron chi connectivity index (χ2n) is 3.68. The summed E-state index contributed by atoms with van der Waals surface area (Å²) in [4.78, 5) is 0. The summed E-state index contributed by atoms with van der Waals surface area (Å²) >= 11 is 1.61. The van der Waals surface area contributed by atoms with Gasteiger partial charge in [0.25, 0.3) is 0 Å². The number of thioether (sulfide) groups is 1. The van der Waals surface area contributed by atoms with Gasteiger partial charge in [-0.15, -0.1) is 0 Å². The van der Waals surface area contributed by atoms with Crippen molar-refractivity contribution in [3.8, 4) is 5.75 Å². The summed E-state index contributed by atoms with van der Waals surface area (Å²) in [6.07, 6.45) is 0.297. The third-order valence-electron chi connectivity index (χ3n) is 2.10. The van der Waals surface area contributed by atoms with Crippen molar-refractivity contribution in [2.75, 3.05) is 30.5 Å². The molecule has 17 heavy (non-hydrogen) atoms. The zero-order chi connectivity index (χ0) is 12.5. The van der Waals surface area contributed by atoms with Crippen molar-refractivity contribution in [3.05, 3.63) is 24.3 Å². The summed E-state index contributed by atoms with van der Waals surface area (Å²) in [6, 6.07) is 7.30. The number of anilines is 1. The molecule has 1 aromatic carbocycles. The van der Waals surface area contributed by atoms with Crippen LogP contribution in [0.2, 0.25) is 0 Å². The lowest BCUT2D eigenvalue weighted by Crippen LogP contribution is -2.15. The van der Waals surface area contributed by atoms with E-state index in [1.807, 2.05) is 24.3 Å². The highest BCUT2D eigenvalue weighted by Gasteiger charge is 2.01. The molecule has 0 saturated carbocycles. The molecule has 4 nitrogen and oxygen atoms in total. The molecule has 96 valence electrons. The van der Waals surface area contributed by atoms with Crippen LogP contribution >= 0.6 is 11.8 Å². The molecule has 0 bridgehead atoms. The lowest BCUT2D eigenvalue weighted by molar-refractivity contribution is 0.113. The van der Waals surface area contributed by atoms with Crippen LogP contribution in [-0.2, 0) is 0 Å². The van der Waals surface area contributed by atoms with Crippen LogP contribution in [0.25, 0.3) is 0 Å². The first-order valence-corrected chi connectivity index (χ1v) is 6.73. The number of nitrogens with two attached hydrogens (primary N) is 1. The standard InChI is InChI=1S/C12H19NO3S/c13-10-2-4-12(5-3-10)16-6-1-7-17-9-11(15)8-14/h2-5,11,14-15H,1,6-9,13H2. The number of benzene rings is 1. The third kappa shape index (κ3) is 6.41. The highest BCUT2D eigenvalue weighted by molar-refractivity contribution is 7.99. The van der Waals surface area contributed by atoms with E-state index < -0.39 is 6.10 Å². The van der Waals surface area contributed by atoms with Gasteiger partial charge < -0.3 is 20.7 Å². The molecule has 0 aliphatic carbocycles. The average Bonchev–Trinajstić information content (AvgIpc) is 2.35. The maximum atomic E-state index is 9.10. The van der Waals surface area contributed by atoms with Crippen molar-refractivity contribution in [1.82, 2.24) is 0 Å². The van der Waals surface area contributed by atoms with Crippen molar-refractivity contribution >= 4 is 17.4 Å². The molecule has 1 rings (SSSR count). The maximum Gasteiger partial charge on any atom is 0.119 e. The van der Waals surface area contributed by atoms with Crippen molar-refractivity contribution < 1.29 is 14.9 Å². The van der Waals surface area contributed by atoms with E-state index in [2.05, 4.69) is 0 Å². The molecule has 0 aliphatic heterocycles. The molecule has 1 unspecified atom stereocenters. The summed E-state index contributed by atoms with van der Waals surface area (Å²) in [5.74, 6) is 2.30. The van der Waals surface area contributed by atoms with E-state index >= 15 is 0 Å². The van der Waals surface area contributed by atoms with Gasteiger partial charge in [-0.25, -0.2) is 0 Å². The van der Waals surface area contributed by atoms with Crippen LogP contribution in [0, 0.1) is 0 Å². The van der Waals surface area contributed by atoms with Crippen LogP contribution < -0.4 is 10.5 Å². The minimum atomic E-state index is -0.613.